The average Bonchev–Trinajstić information content (AvgIpc) is 2.36. The largest absolute Gasteiger partial charge is 0.391 e. The average molecular weight is 191 g/mol. The van der Waals surface area contributed by atoms with Gasteiger partial charge in [-0.3, -0.25) is 0 Å². The summed E-state index contributed by atoms with van der Waals surface area (Å²) in [7, 11) is 1.91. The van der Waals surface area contributed by atoms with Gasteiger partial charge in [-0.1, -0.05) is 24.3 Å². The number of benzene rings is 1. The molecule has 2 heteroatoms. The van der Waals surface area contributed by atoms with Gasteiger partial charge in [-0.2, -0.15) is 0 Å². The molecule has 0 bridgehead atoms. The van der Waals surface area contributed by atoms with E-state index in [4.69, 9.17) is 0 Å². The van der Waals surface area contributed by atoms with Crippen LogP contribution in [0, 0.1) is 0 Å². The van der Waals surface area contributed by atoms with Crippen LogP contribution in [0.2, 0.25) is 0 Å². The zero-order chi connectivity index (χ0) is 9.97. The summed E-state index contributed by atoms with van der Waals surface area (Å²) in [5.41, 5.74) is 2.64. The van der Waals surface area contributed by atoms with Crippen molar-refractivity contribution in [3.8, 4) is 0 Å². The van der Waals surface area contributed by atoms with Gasteiger partial charge in [0.15, 0.2) is 0 Å². The fraction of sp³-hybridized carbons (Fsp3) is 0.500. The van der Waals surface area contributed by atoms with Gasteiger partial charge in [-0.15, -0.1) is 0 Å². The second-order valence-electron chi connectivity index (χ2n) is 3.92. The molecule has 0 radical (unpaired) electrons. The van der Waals surface area contributed by atoms with Crippen LogP contribution in [0.5, 0.6) is 0 Å². The van der Waals surface area contributed by atoms with E-state index in [-0.39, 0.29) is 12.1 Å². The van der Waals surface area contributed by atoms with Crippen molar-refractivity contribution in [2.24, 2.45) is 0 Å². The maximum absolute atomic E-state index is 9.93. The summed E-state index contributed by atoms with van der Waals surface area (Å²) >= 11 is 0. The van der Waals surface area contributed by atoms with Crippen LogP contribution in [-0.4, -0.2) is 18.3 Å². The first-order valence-corrected chi connectivity index (χ1v) is 5.26. The molecule has 0 saturated heterocycles. The smallest absolute Gasteiger partial charge is 0.0735 e. The molecule has 14 heavy (non-hydrogen) atoms. The molecule has 1 aromatic rings. The molecule has 0 amide bonds. The van der Waals surface area contributed by atoms with Crippen LogP contribution in [0.3, 0.4) is 0 Å². The molecule has 1 aliphatic carbocycles. The van der Waals surface area contributed by atoms with Crippen molar-refractivity contribution >= 4 is 0 Å². The van der Waals surface area contributed by atoms with E-state index in [0.29, 0.717) is 0 Å². The molecule has 1 aliphatic rings. The van der Waals surface area contributed by atoms with Crippen LogP contribution in [0.15, 0.2) is 24.3 Å². The highest BCUT2D eigenvalue weighted by molar-refractivity contribution is 5.32. The van der Waals surface area contributed by atoms with Crippen LogP contribution in [0.1, 0.15) is 30.0 Å². The van der Waals surface area contributed by atoms with Gasteiger partial charge in [0, 0.05) is 0 Å². The van der Waals surface area contributed by atoms with Gasteiger partial charge in [-0.25, -0.2) is 0 Å². The number of hydrogen-bond donors (Lipinski definition) is 2. The predicted octanol–water partition coefficient (Wildman–Crippen LogP) is 1.64. The highest BCUT2D eigenvalue weighted by Gasteiger charge is 2.24. The van der Waals surface area contributed by atoms with Gasteiger partial charge in [0.05, 0.1) is 12.1 Å². The topological polar surface area (TPSA) is 32.3 Å². The van der Waals surface area contributed by atoms with Crippen molar-refractivity contribution < 1.29 is 5.11 Å². The summed E-state index contributed by atoms with van der Waals surface area (Å²) in [5.74, 6) is 0. The normalized spacial score (nSPS) is 26.7. The zero-order valence-corrected chi connectivity index (χ0v) is 8.53. The van der Waals surface area contributed by atoms with Crippen molar-refractivity contribution in [1.82, 2.24) is 5.32 Å². The summed E-state index contributed by atoms with van der Waals surface area (Å²) < 4.78 is 0. The van der Waals surface area contributed by atoms with Crippen molar-refractivity contribution in [2.75, 3.05) is 7.05 Å². The Morgan fingerprint density at radius 2 is 2.14 bits per heavy atom. The molecule has 0 saturated carbocycles. The van der Waals surface area contributed by atoms with Gasteiger partial charge in [0.1, 0.15) is 0 Å². The van der Waals surface area contributed by atoms with E-state index >= 15 is 0 Å². The van der Waals surface area contributed by atoms with Crippen molar-refractivity contribution in [3.63, 3.8) is 0 Å². The highest BCUT2D eigenvalue weighted by atomic mass is 16.3. The quantitative estimate of drug-likeness (QED) is 0.661. The Balaban J connectivity index is 2.39. The van der Waals surface area contributed by atoms with Gasteiger partial charge < -0.3 is 10.4 Å². The molecule has 0 fully saturated rings. The fourth-order valence-electron chi connectivity index (χ4n) is 2.29. The molecule has 0 spiro atoms. The minimum atomic E-state index is -0.247. The first-order valence-electron chi connectivity index (χ1n) is 5.26. The third-order valence-electron chi connectivity index (χ3n) is 3.03. The Bertz CT molecular complexity index is 311. The Kier molecular flexibility index (Phi) is 2.85. The van der Waals surface area contributed by atoms with E-state index in [0.717, 1.165) is 19.3 Å². The summed E-state index contributed by atoms with van der Waals surface area (Å²) in [5, 5.41) is 13.1. The second-order valence-corrected chi connectivity index (χ2v) is 3.92. The standard InChI is InChI=1S/C12H17NO/c1-13-12-10-7-3-2-5-9(10)6-4-8-11(12)14/h2-3,5,7,11-14H,4,6,8H2,1H3. The lowest BCUT2D eigenvalue weighted by atomic mass is 9.98. The summed E-state index contributed by atoms with van der Waals surface area (Å²) in [4.78, 5) is 0. The molecule has 0 aliphatic heterocycles. The number of aliphatic hydroxyl groups is 1. The van der Waals surface area contributed by atoms with Crippen LogP contribution >= 0.6 is 0 Å². The molecular formula is C12H17NO. The maximum Gasteiger partial charge on any atom is 0.0735 e. The maximum atomic E-state index is 9.93. The minimum absolute atomic E-state index is 0.105. The molecule has 2 unspecified atom stereocenters. The lowest BCUT2D eigenvalue weighted by molar-refractivity contribution is 0.123. The lowest BCUT2D eigenvalue weighted by Gasteiger charge is -2.21. The molecule has 76 valence electrons. The number of hydrogen-bond acceptors (Lipinski definition) is 2. The van der Waals surface area contributed by atoms with Crippen LogP contribution in [-0.2, 0) is 6.42 Å². The van der Waals surface area contributed by atoms with E-state index in [9.17, 15) is 5.11 Å². The predicted molar refractivity (Wildman–Crippen MR) is 57.2 cm³/mol. The van der Waals surface area contributed by atoms with Gasteiger partial charge in [0.2, 0.25) is 0 Å². The van der Waals surface area contributed by atoms with E-state index < -0.39 is 0 Å². The SMILES string of the molecule is CNC1c2ccccc2CCCC1O. The zero-order valence-electron chi connectivity index (χ0n) is 8.53. The van der Waals surface area contributed by atoms with Gasteiger partial charge >= 0.3 is 0 Å². The molecule has 2 atom stereocenters. The Labute approximate surface area is 85.0 Å². The summed E-state index contributed by atoms with van der Waals surface area (Å²) in [6.45, 7) is 0. The van der Waals surface area contributed by atoms with Gasteiger partial charge in [0.25, 0.3) is 0 Å². The highest BCUT2D eigenvalue weighted by Crippen LogP contribution is 2.28. The Morgan fingerprint density at radius 3 is 2.93 bits per heavy atom. The molecule has 2 nitrogen and oxygen atoms in total. The number of aryl methyl sites for hydroxylation is 1. The van der Waals surface area contributed by atoms with E-state index in [1.807, 2.05) is 13.1 Å². The number of nitrogens with one attached hydrogen (secondary N) is 1. The van der Waals surface area contributed by atoms with Crippen LogP contribution in [0.4, 0.5) is 0 Å². The molecule has 2 N–H and O–H groups in total. The number of rotatable bonds is 1. The Hall–Kier alpha value is -0.860. The van der Waals surface area contributed by atoms with Crippen molar-refractivity contribution in [1.29, 1.82) is 0 Å². The van der Waals surface area contributed by atoms with Crippen molar-refractivity contribution in [3.05, 3.63) is 35.4 Å². The van der Waals surface area contributed by atoms with E-state index in [1.54, 1.807) is 0 Å². The fourth-order valence-corrected chi connectivity index (χ4v) is 2.29. The Morgan fingerprint density at radius 1 is 1.36 bits per heavy atom. The number of likely N-dealkylation sites (N-methyl/N-ethyl adjacent to an activating group) is 1. The third-order valence-corrected chi connectivity index (χ3v) is 3.03. The number of fused-ring (bicyclic) bond motifs is 1. The van der Waals surface area contributed by atoms with E-state index in [2.05, 4.69) is 23.5 Å². The van der Waals surface area contributed by atoms with Crippen LogP contribution in [0.25, 0.3) is 0 Å². The first-order chi connectivity index (χ1) is 6.83. The second kappa shape index (κ2) is 4.11. The molecule has 0 aromatic heterocycles. The summed E-state index contributed by atoms with van der Waals surface area (Å²) in [6, 6.07) is 8.50. The summed E-state index contributed by atoms with van der Waals surface area (Å²) in [6.07, 6.45) is 2.81. The first kappa shape index (κ1) is 9.69. The minimum Gasteiger partial charge on any atom is -0.391 e. The monoisotopic (exact) mass is 191 g/mol. The van der Waals surface area contributed by atoms with Crippen LogP contribution < -0.4 is 5.32 Å². The van der Waals surface area contributed by atoms with Crippen molar-refractivity contribution in [2.45, 2.75) is 31.4 Å². The molecule has 2 rings (SSSR count). The van der Waals surface area contributed by atoms with Gasteiger partial charge in [-0.05, 0) is 37.4 Å². The third kappa shape index (κ3) is 1.68. The molecular weight excluding hydrogens is 174 g/mol. The lowest BCUT2D eigenvalue weighted by Crippen LogP contribution is -2.28. The van der Waals surface area contributed by atoms with E-state index in [1.165, 1.54) is 11.1 Å². The number of aliphatic hydroxyl groups excluding tert-OH is 1. The molecule has 1 aromatic carbocycles. The molecule has 0 heterocycles.